The fraction of sp³-hybridized carbons (Fsp3) is 0.438. The normalized spacial score (nSPS) is 16.5. The van der Waals surface area contributed by atoms with Gasteiger partial charge in [0.2, 0.25) is 5.91 Å². The van der Waals surface area contributed by atoms with E-state index in [1.54, 1.807) is 23.1 Å². The van der Waals surface area contributed by atoms with Crippen LogP contribution < -0.4 is 15.0 Å². The third-order valence-electron chi connectivity index (χ3n) is 3.60. The van der Waals surface area contributed by atoms with Crippen LogP contribution in [0.25, 0.3) is 0 Å². The molecule has 23 heavy (non-hydrogen) atoms. The van der Waals surface area contributed by atoms with Crippen LogP contribution in [0.4, 0.5) is 11.4 Å². The van der Waals surface area contributed by atoms with Gasteiger partial charge in [0.15, 0.2) is 6.10 Å². The number of carboxylic acids is 1. The van der Waals surface area contributed by atoms with Crippen LogP contribution in [0.2, 0.25) is 0 Å². The third kappa shape index (κ3) is 3.80. The highest BCUT2D eigenvalue weighted by molar-refractivity contribution is 6.01. The Kier molecular flexibility index (Phi) is 5.20. The fourth-order valence-electron chi connectivity index (χ4n) is 2.43. The second kappa shape index (κ2) is 7.13. The Balaban J connectivity index is 2.18. The van der Waals surface area contributed by atoms with Gasteiger partial charge in [-0.05, 0) is 31.5 Å². The number of benzene rings is 1. The SMILES string of the molecule is CCC1Oc2ccc(NC(=O)CCC(=O)O)cc2N(CC)C1=O. The second-order valence-electron chi connectivity index (χ2n) is 5.22. The fourth-order valence-corrected chi connectivity index (χ4v) is 2.43. The van der Waals surface area contributed by atoms with Crippen molar-refractivity contribution in [1.29, 1.82) is 0 Å². The minimum Gasteiger partial charge on any atom is -0.481 e. The molecule has 0 bridgehead atoms. The summed E-state index contributed by atoms with van der Waals surface area (Å²) in [5.41, 5.74) is 1.11. The number of likely N-dealkylation sites (N-methyl/N-ethyl adjacent to an activating group) is 1. The molecule has 2 rings (SSSR count). The van der Waals surface area contributed by atoms with Crippen LogP contribution in [0, 0.1) is 0 Å². The van der Waals surface area contributed by atoms with Crippen molar-refractivity contribution in [2.75, 3.05) is 16.8 Å². The predicted molar refractivity (Wildman–Crippen MR) is 84.7 cm³/mol. The van der Waals surface area contributed by atoms with Gasteiger partial charge < -0.3 is 20.1 Å². The minimum atomic E-state index is -1.02. The molecule has 1 aromatic carbocycles. The lowest BCUT2D eigenvalue weighted by molar-refractivity contribution is -0.138. The molecule has 124 valence electrons. The molecule has 1 aliphatic heterocycles. The van der Waals surface area contributed by atoms with Gasteiger partial charge in [-0.3, -0.25) is 14.4 Å². The van der Waals surface area contributed by atoms with Crippen molar-refractivity contribution in [2.24, 2.45) is 0 Å². The molecule has 7 nitrogen and oxygen atoms in total. The molecule has 0 saturated carbocycles. The molecule has 1 atom stereocenters. The van der Waals surface area contributed by atoms with Crippen LogP contribution in [-0.2, 0) is 14.4 Å². The van der Waals surface area contributed by atoms with Crippen LogP contribution >= 0.6 is 0 Å². The van der Waals surface area contributed by atoms with Gasteiger partial charge in [0, 0.05) is 18.7 Å². The molecule has 7 heteroatoms. The van der Waals surface area contributed by atoms with Crippen LogP contribution in [0.1, 0.15) is 33.1 Å². The number of amides is 2. The zero-order valence-electron chi connectivity index (χ0n) is 13.2. The Morgan fingerprint density at radius 2 is 2.04 bits per heavy atom. The van der Waals surface area contributed by atoms with E-state index in [1.165, 1.54) is 0 Å². The second-order valence-corrected chi connectivity index (χ2v) is 5.22. The number of carbonyl (C=O) groups is 3. The highest BCUT2D eigenvalue weighted by Crippen LogP contribution is 2.36. The number of carbonyl (C=O) groups excluding carboxylic acids is 2. The highest BCUT2D eigenvalue weighted by Gasteiger charge is 2.32. The summed E-state index contributed by atoms with van der Waals surface area (Å²) >= 11 is 0. The summed E-state index contributed by atoms with van der Waals surface area (Å²) in [4.78, 5) is 36.1. The van der Waals surface area contributed by atoms with Gasteiger partial charge in [-0.2, -0.15) is 0 Å². The molecule has 0 fully saturated rings. The van der Waals surface area contributed by atoms with Crippen LogP contribution in [-0.4, -0.2) is 35.5 Å². The highest BCUT2D eigenvalue weighted by atomic mass is 16.5. The average molecular weight is 320 g/mol. The van der Waals surface area contributed by atoms with E-state index in [4.69, 9.17) is 9.84 Å². The van der Waals surface area contributed by atoms with Crippen molar-refractivity contribution in [3.05, 3.63) is 18.2 Å². The summed E-state index contributed by atoms with van der Waals surface area (Å²) in [6.45, 7) is 4.26. The van der Waals surface area contributed by atoms with Gasteiger partial charge in [0.1, 0.15) is 5.75 Å². The summed E-state index contributed by atoms with van der Waals surface area (Å²) in [6, 6.07) is 5.05. The van der Waals surface area contributed by atoms with E-state index in [0.717, 1.165) is 0 Å². The number of hydrogen-bond acceptors (Lipinski definition) is 4. The van der Waals surface area contributed by atoms with Crippen LogP contribution in [0.3, 0.4) is 0 Å². The Bertz CT molecular complexity index is 629. The van der Waals surface area contributed by atoms with Crippen molar-refractivity contribution < 1.29 is 24.2 Å². The first-order valence-electron chi connectivity index (χ1n) is 7.60. The first-order valence-corrected chi connectivity index (χ1v) is 7.60. The lowest BCUT2D eigenvalue weighted by Gasteiger charge is -2.33. The van der Waals surface area contributed by atoms with Gasteiger partial charge in [-0.25, -0.2) is 0 Å². The largest absolute Gasteiger partial charge is 0.481 e. The lowest BCUT2D eigenvalue weighted by Crippen LogP contribution is -2.45. The van der Waals surface area contributed by atoms with Crippen LogP contribution in [0.5, 0.6) is 5.75 Å². The zero-order valence-corrected chi connectivity index (χ0v) is 13.2. The number of aliphatic carboxylic acids is 1. The monoisotopic (exact) mass is 320 g/mol. The number of hydrogen-bond donors (Lipinski definition) is 2. The number of nitrogens with one attached hydrogen (secondary N) is 1. The first-order chi connectivity index (χ1) is 11.0. The molecule has 1 aliphatic rings. The van der Waals surface area contributed by atoms with Gasteiger partial charge in [-0.1, -0.05) is 6.92 Å². The maximum absolute atomic E-state index is 12.3. The van der Waals surface area contributed by atoms with E-state index in [9.17, 15) is 14.4 Å². The van der Waals surface area contributed by atoms with Gasteiger partial charge in [-0.15, -0.1) is 0 Å². The Morgan fingerprint density at radius 3 is 2.65 bits per heavy atom. The third-order valence-corrected chi connectivity index (χ3v) is 3.60. The number of nitrogens with zero attached hydrogens (tertiary/aromatic N) is 1. The molecule has 0 aromatic heterocycles. The van der Waals surface area contributed by atoms with Gasteiger partial charge >= 0.3 is 5.97 Å². The maximum atomic E-state index is 12.3. The van der Waals surface area contributed by atoms with E-state index in [0.29, 0.717) is 30.1 Å². The maximum Gasteiger partial charge on any atom is 0.303 e. The summed E-state index contributed by atoms with van der Waals surface area (Å²) in [5.74, 6) is -0.907. The van der Waals surface area contributed by atoms with E-state index in [-0.39, 0.29) is 24.7 Å². The Labute approximate surface area is 134 Å². The summed E-state index contributed by atoms with van der Waals surface area (Å²) in [5, 5.41) is 11.2. The van der Waals surface area contributed by atoms with E-state index in [1.807, 2.05) is 13.8 Å². The molecule has 2 amide bonds. The van der Waals surface area contributed by atoms with Crippen molar-refractivity contribution in [3.8, 4) is 5.75 Å². The number of ether oxygens (including phenoxy) is 1. The molecule has 2 N–H and O–H groups in total. The van der Waals surface area contributed by atoms with E-state index >= 15 is 0 Å². The molecular formula is C16H20N2O5. The number of anilines is 2. The summed E-state index contributed by atoms with van der Waals surface area (Å²) in [6.07, 6.45) is -0.226. The standard InChI is InChI=1S/C16H20N2O5/c1-3-12-16(22)18(4-2)11-9-10(5-6-13(11)23-12)17-14(19)7-8-15(20)21/h5-6,9,12H,3-4,7-8H2,1-2H3,(H,17,19)(H,20,21). The van der Waals surface area contributed by atoms with Crippen molar-refractivity contribution in [2.45, 2.75) is 39.2 Å². The van der Waals surface area contributed by atoms with Gasteiger partial charge in [0.05, 0.1) is 12.1 Å². The average Bonchev–Trinajstić information content (AvgIpc) is 2.52. The van der Waals surface area contributed by atoms with E-state index in [2.05, 4.69) is 5.32 Å². The van der Waals surface area contributed by atoms with Crippen molar-refractivity contribution >= 4 is 29.2 Å². The van der Waals surface area contributed by atoms with Crippen molar-refractivity contribution in [3.63, 3.8) is 0 Å². The molecule has 0 radical (unpaired) electrons. The van der Waals surface area contributed by atoms with E-state index < -0.39 is 12.1 Å². The Morgan fingerprint density at radius 1 is 1.30 bits per heavy atom. The number of rotatable bonds is 6. The quantitative estimate of drug-likeness (QED) is 0.836. The smallest absolute Gasteiger partial charge is 0.303 e. The molecule has 0 aliphatic carbocycles. The molecular weight excluding hydrogens is 300 g/mol. The number of carboxylic acid groups (broad SMARTS) is 1. The first kappa shape index (κ1) is 16.8. The summed E-state index contributed by atoms with van der Waals surface area (Å²) < 4.78 is 5.68. The molecule has 1 unspecified atom stereocenters. The van der Waals surface area contributed by atoms with Gasteiger partial charge in [0.25, 0.3) is 5.91 Å². The minimum absolute atomic E-state index is 0.1000. The molecule has 0 spiro atoms. The molecule has 1 heterocycles. The molecule has 0 saturated heterocycles. The Hall–Kier alpha value is -2.57. The lowest BCUT2D eigenvalue weighted by atomic mass is 10.1. The van der Waals surface area contributed by atoms with Crippen LogP contribution in [0.15, 0.2) is 18.2 Å². The van der Waals surface area contributed by atoms with Crippen molar-refractivity contribution in [1.82, 2.24) is 0 Å². The molecule has 1 aromatic rings. The predicted octanol–water partition coefficient (Wildman–Crippen LogP) is 2.01. The topological polar surface area (TPSA) is 95.9 Å². The number of fused-ring (bicyclic) bond motifs is 1. The zero-order chi connectivity index (χ0) is 17.0. The summed E-state index contributed by atoms with van der Waals surface area (Å²) in [7, 11) is 0.